The molecule has 0 unspecified atom stereocenters. The molecule has 0 radical (unpaired) electrons. The molecule has 5 nitrogen and oxygen atoms in total. The number of carbonyl (C=O) groups excluding carboxylic acids is 1. The van der Waals surface area contributed by atoms with Gasteiger partial charge in [-0.15, -0.1) is 0 Å². The molecule has 0 spiro atoms. The van der Waals surface area contributed by atoms with Crippen LogP contribution in [0.5, 0.6) is 0 Å². The van der Waals surface area contributed by atoms with Crippen molar-refractivity contribution in [1.82, 2.24) is 15.1 Å². The minimum Gasteiger partial charge on any atom is -0.369 e. The number of aromatic nitrogens is 2. The Morgan fingerprint density at radius 1 is 1.37 bits per heavy atom. The summed E-state index contributed by atoms with van der Waals surface area (Å²) in [5.41, 5.74) is 8.96. The zero-order valence-electron chi connectivity index (χ0n) is 12.1. The Morgan fingerprint density at radius 2 is 2.00 bits per heavy atom. The second-order valence-corrected chi connectivity index (χ2v) is 5.60. The van der Waals surface area contributed by atoms with Gasteiger partial charge in [-0.1, -0.05) is 0 Å². The third-order valence-corrected chi connectivity index (χ3v) is 4.36. The average molecular weight is 264 g/mol. The smallest absolute Gasteiger partial charge is 0.220 e. The first-order valence-electron chi connectivity index (χ1n) is 7.00. The molecule has 1 amide bonds. The normalized spacial score (nSPS) is 23.5. The molecule has 0 bridgehead atoms. The lowest BCUT2D eigenvalue weighted by Crippen LogP contribution is -2.36. The molecule has 0 aliphatic heterocycles. The molecule has 0 atom stereocenters. The highest BCUT2D eigenvalue weighted by Crippen LogP contribution is 2.24. The van der Waals surface area contributed by atoms with Crippen LogP contribution in [0.4, 0.5) is 0 Å². The van der Waals surface area contributed by atoms with E-state index >= 15 is 0 Å². The standard InChI is InChI=1S/C14H24N4O/c1-9-13(10(2)18(3)17-9)8-16-12-6-4-11(5-7-12)14(15)19/h11-12,16H,4-8H2,1-3H3,(H2,15,19). The maximum Gasteiger partial charge on any atom is 0.220 e. The summed E-state index contributed by atoms with van der Waals surface area (Å²) in [5, 5.41) is 8.01. The highest BCUT2D eigenvalue weighted by molar-refractivity contribution is 5.76. The van der Waals surface area contributed by atoms with Crippen LogP contribution < -0.4 is 11.1 Å². The largest absolute Gasteiger partial charge is 0.369 e. The summed E-state index contributed by atoms with van der Waals surface area (Å²) in [5.74, 6) is -0.0580. The van der Waals surface area contributed by atoms with Gasteiger partial charge in [0.25, 0.3) is 0 Å². The van der Waals surface area contributed by atoms with E-state index in [2.05, 4.69) is 17.3 Å². The maximum atomic E-state index is 11.1. The van der Waals surface area contributed by atoms with Crippen molar-refractivity contribution in [3.63, 3.8) is 0 Å². The molecule has 1 saturated carbocycles. The van der Waals surface area contributed by atoms with Crippen LogP contribution in [0.3, 0.4) is 0 Å². The van der Waals surface area contributed by atoms with Crippen LogP contribution >= 0.6 is 0 Å². The Morgan fingerprint density at radius 3 is 2.47 bits per heavy atom. The van der Waals surface area contributed by atoms with Crippen LogP contribution in [0.1, 0.15) is 42.6 Å². The molecular formula is C14H24N4O. The Labute approximate surface area is 114 Å². The number of hydrogen-bond acceptors (Lipinski definition) is 3. The van der Waals surface area contributed by atoms with Crippen molar-refractivity contribution in [2.45, 2.75) is 52.1 Å². The summed E-state index contributed by atoms with van der Waals surface area (Å²) in [6.45, 7) is 5.01. The Kier molecular flexibility index (Phi) is 4.24. The summed E-state index contributed by atoms with van der Waals surface area (Å²) in [6, 6.07) is 0.495. The molecule has 1 aromatic rings. The van der Waals surface area contributed by atoms with Gasteiger partial charge in [0.1, 0.15) is 0 Å². The highest BCUT2D eigenvalue weighted by atomic mass is 16.1. The number of rotatable bonds is 4. The van der Waals surface area contributed by atoms with Crippen LogP contribution in [-0.4, -0.2) is 21.7 Å². The Balaban J connectivity index is 1.85. The van der Waals surface area contributed by atoms with Crippen molar-refractivity contribution < 1.29 is 4.79 Å². The first-order valence-corrected chi connectivity index (χ1v) is 7.00. The fraction of sp³-hybridized carbons (Fsp3) is 0.714. The van der Waals surface area contributed by atoms with E-state index in [0.717, 1.165) is 37.9 Å². The number of nitrogens with zero attached hydrogens (tertiary/aromatic N) is 2. The third-order valence-electron chi connectivity index (χ3n) is 4.36. The van der Waals surface area contributed by atoms with Crippen molar-refractivity contribution in [3.05, 3.63) is 17.0 Å². The van der Waals surface area contributed by atoms with E-state index in [0.29, 0.717) is 6.04 Å². The second kappa shape index (κ2) is 5.74. The van der Waals surface area contributed by atoms with E-state index in [1.165, 1.54) is 11.3 Å². The minimum atomic E-state index is -0.141. The summed E-state index contributed by atoms with van der Waals surface area (Å²) in [6.07, 6.45) is 3.90. The van der Waals surface area contributed by atoms with Crippen molar-refractivity contribution in [1.29, 1.82) is 0 Å². The Hall–Kier alpha value is -1.36. The zero-order chi connectivity index (χ0) is 14.0. The molecule has 1 aliphatic carbocycles. The monoisotopic (exact) mass is 264 g/mol. The molecule has 0 aromatic carbocycles. The van der Waals surface area contributed by atoms with Crippen molar-refractivity contribution >= 4 is 5.91 Å². The molecule has 3 N–H and O–H groups in total. The van der Waals surface area contributed by atoms with Gasteiger partial charge in [-0.25, -0.2) is 0 Å². The lowest BCUT2D eigenvalue weighted by molar-refractivity contribution is -0.122. The molecule has 1 fully saturated rings. The number of aryl methyl sites for hydroxylation is 2. The first-order chi connectivity index (χ1) is 8.99. The lowest BCUT2D eigenvalue weighted by atomic mass is 9.85. The minimum absolute atomic E-state index is 0.0833. The van der Waals surface area contributed by atoms with Gasteiger partial charge in [0.2, 0.25) is 5.91 Å². The van der Waals surface area contributed by atoms with E-state index in [1.54, 1.807) is 0 Å². The predicted octanol–water partition coefficient (Wildman–Crippen LogP) is 1.17. The number of hydrogen-bond donors (Lipinski definition) is 2. The highest BCUT2D eigenvalue weighted by Gasteiger charge is 2.24. The van der Waals surface area contributed by atoms with Gasteiger partial charge in [0.15, 0.2) is 0 Å². The van der Waals surface area contributed by atoms with E-state index in [4.69, 9.17) is 5.73 Å². The fourth-order valence-corrected chi connectivity index (χ4v) is 2.90. The molecule has 2 rings (SSSR count). The van der Waals surface area contributed by atoms with E-state index in [1.807, 2.05) is 18.7 Å². The maximum absolute atomic E-state index is 11.1. The summed E-state index contributed by atoms with van der Waals surface area (Å²) in [7, 11) is 1.98. The van der Waals surface area contributed by atoms with Crippen LogP contribution in [0.25, 0.3) is 0 Å². The summed E-state index contributed by atoms with van der Waals surface area (Å²) < 4.78 is 1.93. The number of nitrogens with one attached hydrogen (secondary N) is 1. The molecule has 0 saturated heterocycles. The van der Waals surface area contributed by atoms with E-state index in [-0.39, 0.29) is 11.8 Å². The van der Waals surface area contributed by atoms with Gasteiger partial charge in [-0.3, -0.25) is 9.48 Å². The fourth-order valence-electron chi connectivity index (χ4n) is 2.90. The van der Waals surface area contributed by atoms with Crippen molar-refractivity contribution in [3.8, 4) is 0 Å². The van der Waals surface area contributed by atoms with Gasteiger partial charge >= 0.3 is 0 Å². The van der Waals surface area contributed by atoms with Crippen LogP contribution in [0, 0.1) is 19.8 Å². The first kappa shape index (κ1) is 14.1. The van der Waals surface area contributed by atoms with Crippen molar-refractivity contribution in [2.75, 3.05) is 0 Å². The van der Waals surface area contributed by atoms with Gasteiger partial charge in [0, 0.05) is 36.8 Å². The molecule has 5 heteroatoms. The second-order valence-electron chi connectivity index (χ2n) is 5.60. The molecule has 1 aromatic heterocycles. The SMILES string of the molecule is Cc1nn(C)c(C)c1CNC1CCC(C(N)=O)CC1. The topological polar surface area (TPSA) is 72.9 Å². The van der Waals surface area contributed by atoms with Crippen LogP contribution in [0.15, 0.2) is 0 Å². The van der Waals surface area contributed by atoms with Crippen LogP contribution in [0.2, 0.25) is 0 Å². The molecule has 106 valence electrons. The van der Waals surface area contributed by atoms with Gasteiger partial charge < -0.3 is 11.1 Å². The number of nitrogens with two attached hydrogens (primary N) is 1. The van der Waals surface area contributed by atoms with Crippen molar-refractivity contribution in [2.24, 2.45) is 18.7 Å². The molecule has 19 heavy (non-hydrogen) atoms. The predicted molar refractivity (Wildman–Crippen MR) is 74.5 cm³/mol. The molecular weight excluding hydrogens is 240 g/mol. The zero-order valence-corrected chi connectivity index (χ0v) is 12.1. The van der Waals surface area contributed by atoms with Gasteiger partial charge in [-0.2, -0.15) is 5.10 Å². The summed E-state index contributed by atoms with van der Waals surface area (Å²) in [4.78, 5) is 11.1. The number of primary amides is 1. The van der Waals surface area contributed by atoms with Crippen LogP contribution in [-0.2, 0) is 18.4 Å². The average Bonchev–Trinajstić information content (AvgIpc) is 2.62. The van der Waals surface area contributed by atoms with E-state index < -0.39 is 0 Å². The van der Waals surface area contributed by atoms with Gasteiger partial charge in [-0.05, 0) is 39.5 Å². The Bertz CT molecular complexity index is 458. The van der Waals surface area contributed by atoms with E-state index in [9.17, 15) is 4.79 Å². The molecule has 1 aliphatic rings. The van der Waals surface area contributed by atoms with Gasteiger partial charge in [0.05, 0.1) is 5.69 Å². The lowest BCUT2D eigenvalue weighted by Gasteiger charge is -2.27. The quantitative estimate of drug-likeness (QED) is 0.857. The number of amides is 1. The molecule has 1 heterocycles. The number of carbonyl (C=O) groups is 1. The summed E-state index contributed by atoms with van der Waals surface area (Å²) >= 11 is 0. The third kappa shape index (κ3) is 3.15.